The molecule has 3 heterocycles. The molecule has 0 fully saturated rings. The van der Waals surface area contributed by atoms with Crippen LogP contribution in [-0.2, 0) is 24.2 Å². The van der Waals surface area contributed by atoms with Gasteiger partial charge in [0.25, 0.3) is 0 Å². The van der Waals surface area contributed by atoms with Gasteiger partial charge in [-0.25, -0.2) is 9.18 Å². The SMILES string of the molecule is O=C(O)c1cc(-c2ccncc2)cc2c1CCN2C(=O)C(Cc1ccc(F)cc1)NCc1cc[nH]n1. The second-order valence-corrected chi connectivity index (χ2v) is 8.63. The van der Waals surface area contributed by atoms with Gasteiger partial charge in [0, 0.05) is 37.4 Å². The van der Waals surface area contributed by atoms with Crippen molar-refractivity contribution in [2.24, 2.45) is 0 Å². The Morgan fingerprint density at radius 2 is 1.86 bits per heavy atom. The molecule has 1 aliphatic heterocycles. The van der Waals surface area contributed by atoms with Crippen molar-refractivity contribution < 1.29 is 19.1 Å². The Bertz CT molecular complexity index is 1370. The van der Waals surface area contributed by atoms with Crippen molar-refractivity contribution in [3.05, 3.63) is 101 Å². The summed E-state index contributed by atoms with van der Waals surface area (Å²) in [5, 5.41) is 20.1. The smallest absolute Gasteiger partial charge is 0.336 e. The Morgan fingerprint density at radius 1 is 1.08 bits per heavy atom. The number of carboxylic acids is 1. The molecule has 8 nitrogen and oxygen atoms in total. The Labute approximate surface area is 206 Å². The quantitative estimate of drug-likeness (QED) is 0.352. The lowest BCUT2D eigenvalue weighted by Gasteiger charge is -2.25. The van der Waals surface area contributed by atoms with Crippen LogP contribution in [0.2, 0.25) is 0 Å². The van der Waals surface area contributed by atoms with E-state index in [4.69, 9.17) is 0 Å². The number of carbonyl (C=O) groups is 2. The molecule has 0 spiro atoms. The van der Waals surface area contributed by atoms with E-state index in [0.29, 0.717) is 42.7 Å². The summed E-state index contributed by atoms with van der Waals surface area (Å²) in [5.41, 5.74) is 4.50. The lowest BCUT2D eigenvalue weighted by Crippen LogP contribution is -2.47. The number of aromatic nitrogens is 3. The number of H-pyrrole nitrogens is 1. The van der Waals surface area contributed by atoms with Gasteiger partial charge in [-0.1, -0.05) is 12.1 Å². The number of aromatic amines is 1. The Kier molecular flexibility index (Phi) is 6.55. The first-order valence-electron chi connectivity index (χ1n) is 11.6. The normalized spacial score (nSPS) is 13.4. The second kappa shape index (κ2) is 10.1. The third kappa shape index (κ3) is 4.87. The molecule has 0 bridgehead atoms. The number of rotatable bonds is 8. The van der Waals surface area contributed by atoms with E-state index < -0.39 is 12.0 Å². The van der Waals surface area contributed by atoms with E-state index in [1.165, 1.54) is 12.1 Å². The Balaban J connectivity index is 1.48. The van der Waals surface area contributed by atoms with Crippen LogP contribution < -0.4 is 10.2 Å². The number of nitrogens with zero attached hydrogens (tertiary/aromatic N) is 3. The zero-order valence-electron chi connectivity index (χ0n) is 19.3. The summed E-state index contributed by atoms with van der Waals surface area (Å²) in [7, 11) is 0. The zero-order valence-corrected chi connectivity index (χ0v) is 19.3. The molecular weight excluding hydrogens is 461 g/mol. The number of carbonyl (C=O) groups excluding carboxylic acids is 1. The lowest BCUT2D eigenvalue weighted by atomic mass is 9.97. The van der Waals surface area contributed by atoms with Crippen LogP contribution in [0.15, 0.2) is 73.2 Å². The van der Waals surface area contributed by atoms with Crippen molar-refractivity contribution in [2.75, 3.05) is 11.4 Å². The molecule has 36 heavy (non-hydrogen) atoms. The van der Waals surface area contributed by atoms with E-state index in [1.807, 2.05) is 12.1 Å². The average Bonchev–Trinajstić information content (AvgIpc) is 3.57. The van der Waals surface area contributed by atoms with Crippen LogP contribution in [0.3, 0.4) is 0 Å². The number of aromatic carboxylic acids is 1. The minimum absolute atomic E-state index is 0.183. The lowest BCUT2D eigenvalue weighted by molar-refractivity contribution is -0.120. The maximum absolute atomic E-state index is 13.9. The number of nitrogens with one attached hydrogen (secondary N) is 2. The highest BCUT2D eigenvalue weighted by Crippen LogP contribution is 2.36. The summed E-state index contributed by atoms with van der Waals surface area (Å²) >= 11 is 0. The second-order valence-electron chi connectivity index (χ2n) is 8.63. The predicted molar refractivity (Wildman–Crippen MR) is 132 cm³/mol. The largest absolute Gasteiger partial charge is 0.478 e. The van der Waals surface area contributed by atoms with E-state index in [9.17, 15) is 19.1 Å². The summed E-state index contributed by atoms with van der Waals surface area (Å²) in [6, 6.07) is 14.4. The molecule has 9 heteroatoms. The van der Waals surface area contributed by atoms with Gasteiger partial charge < -0.3 is 10.0 Å². The third-order valence-electron chi connectivity index (χ3n) is 6.35. The minimum atomic E-state index is -1.03. The maximum Gasteiger partial charge on any atom is 0.336 e. The molecule has 0 saturated heterocycles. The number of fused-ring (bicyclic) bond motifs is 1. The zero-order chi connectivity index (χ0) is 25.1. The van der Waals surface area contributed by atoms with Gasteiger partial charge in [0.1, 0.15) is 5.82 Å². The van der Waals surface area contributed by atoms with Gasteiger partial charge in [-0.3, -0.25) is 20.2 Å². The molecule has 182 valence electrons. The molecule has 3 N–H and O–H groups in total. The number of hydrogen-bond acceptors (Lipinski definition) is 5. The molecule has 1 unspecified atom stereocenters. The van der Waals surface area contributed by atoms with Crippen LogP contribution in [0.4, 0.5) is 10.1 Å². The average molecular weight is 486 g/mol. The third-order valence-corrected chi connectivity index (χ3v) is 6.35. The molecular formula is C27H24FN5O3. The fourth-order valence-corrected chi connectivity index (χ4v) is 4.54. The summed E-state index contributed by atoms with van der Waals surface area (Å²) in [6.45, 7) is 0.734. The number of anilines is 1. The van der Waals surface area contributed by atoms with Gasteiger partial charge in [-0.05, 0) is 77.6 Å². The highest BCUT2D eigenvalue weighted by Gasteiger charge is 2.33. The summed E-state index contributed by atoms with van der Waals surface area (Å²) < 4.78 is 13.5. The maximum atomic E-state index is 13.9. The fraction of sp³-hybridized carbons (Fsp3) is 0.185. The monoisotopic (exact) mass is 485 g/mol. The summed E-state index contributed by atoms with van der Waals surface area (Å²) in [4.78, 5) is 31.6. The molecule has 0 radical (unpaired) electrons. The van der Waals surface area contributed by atoms with Crippen LogP contribution in [0, 0.1) is 5.82 Å². The first-order valence-corrected chi connectivity index (χ1v) is 11.6. The van der Waals surface area contributed by atoms with Crippen molar-refractivity contribution in [3.63, 3.8) is 0 Å². The number of halogens is 1. The van der Waals surface area contributed by atoms with Crippen LogP contribution in [-0.4, -0.2) is 44.8 Å². The molecule has 1 atom stereocenters. The van der Waals surface area contributed by atoms with Crippen LogP contribution in [0.5, 0.6) is 0 Å². The van der Waals surface area contributed by atoms with Crippen molar-refractivity contribution in [2.45, 2.75) is 25.4 Å². The van der Waals surface area contributed by atoms with E-state index in [1.54, 1.807) is 53.8 Å². The van der Waals surface area contributed by atoms with E-state index in [2.05, 4.69) is 20.5 Å². The van der Waals surface area contributed by atoms with Gasteiger partial charge in [0.15, 0.2) is 0 Å². The van der Waals surface area contributed by atoms with E-state index in [-0.39, 0.29) is 17.3 Å². The van der Waals surface area contributed by atoms with Crippen LogP contribution in [0.25, 0.3) is 11.1 Å². The first kappa shape index (κ1) is 23.4. The molecule has 1 amide bonds. The molecule has 2 aromatic carbocycles. The van der Waals surface area contributed by atoms with Gasteiger partial charge in [-0.15, -0.1) is 0 Å². The number of pyridine rings is 1. The minimum Gasteiger partial charge on any atom is -0.478 e. The van der Waals surface area contributed by atoms with Gasteiger partial charge >= 0.3 is 5.97 Å². The van der Waals surface area contributed by atoms with E-state index in [0.717, 1.165) is 16.8 Å². The van der Waals surface area contributed by atoms with Crippen LogP contribution in [0.1, 0.15) is 27.2 Å². The topological polar surface area (TPSA) is 111 Å². The first-order chi connectivity index (χ1) is 17.5. The van der Waals surface area contributed by atoms with Gasteiger partial charge in [0.05, 0.1) is 17.3 Å². The molecule has 1 aliphatic rings. The highest BCUT2D eigenvalue weighted by atomic mass is 19.1. The van der Waals surface area contributed by atoms with Crippen molar-refractivity contribution >= 4 is 17.6 Å². The molecule has 0 aliphatic carbocycles. The van der Waals surface area contributed by atoms with Crippen molar-refractivity contribution in [1.29, 1.82) is 0 Å². The van der Waals surface area contributed by atoms with Gasteiger partial charge in [0.2, 0.25) is 5.91 Å². The molecule has 0 saturated carbocycles. The number of amides is 1. The molecule has 4 aromatic rings. The van der Waals surface area contributed by atoms with Crippen molar-refractivity contribution in [3.8, 4) is 11.1 Å². The van der Waals surface area contributed by atoms with E-state index >= 15 is 0 Å². The number of carboxylic acid groups (broad SMARTS) is 1. The Morgan fingerprint density at radius 3 is 2.56 bits per heavy atom. The predicted octanol–water partition coefficient (Wildman–Crippen LogP) is 3.60. The highest BCUT2D eigenvalue weighted by molar-refractivity contribution is 6.03. The molecule has 2 aromatic heterocycles. The van der Waals surface area contributed by atoms with Crippen molar-refractivity contribution in [1.82, 2.24) is 20.5 Å². The fourth-order valence-electron chi connectivity index (χ4n) is 4.54. The van der Waals surface area contributed by atoms with Crippen LogP contribution >= 0.6 is 0 Å². The number of benzene rings is 2. The molecule has 5 rings (SSSR count). The summed E-state index contributed by atoms with van der Waals surface area (Å²) in [5.74, 6) is -1.56. The standard InChI is InChI=1S/C27H24FN5O3/c28-20-3-1-17(2-4-20)13-24(30-16-21-7-11-31-32-21)26(34)33-12-8-22-23(27(35)36)14-19(15-25(22)33)18-5-9-29-10-6-18/h1-7,9-11,14-15,24,30H,8,12-13,16H2,(H,31,32)(H,35,36). The van der Waals surface area contributed by atoms with Gasteiger partial charge in [-0.2, -0.15) is 5.10 Å². The number of hydrogen-bond donors (Lipinski definition) is 3. The Hall–Kier alpha value is -4.37. The summed E-state index contributed by atoms with van der Waals surface area (Å²) in [6.07, 6.45) is 5.78.